The van der Waals surface area contributed by atoms with E-state index in [1.807, 2.05) is 50.4 Å². The molecule has 0 aliphatic heterocycles. The number of aromatic nitrogens is 2. The van der Waals surface area contributed by atoms with Crippen LogP contribution in [0.3, 0.4) is 0 Å². The molecule has 29 heavy (non-hydrogen) atoms. The molecule has 0 amide bonds. The fourth-order valence-corrected chi connectivity index (χ4v) is 3.31. The number of hydrogen-bond donors (Lipinski definition) is 1. The molecule has 0 unspecified atom stereocenters. The Morgan fingerprint density at radius 1 is 1.17 bits per heavy atom. The van der Waals surface area contributed by atoms with Crippen LogP contribution >= 0.6 is 0 Å². The van der Waals surface area contributed by atoms with Crippen molar-refractivity contribution in [1.82, 2.24) is 9.78 Å². The minimum atomic E-state index is 0.344. The quantitative estimate of drug-likeness (QED) is 0.379. The standard InChI is InChI=1S/C23H26N4O2/c1-6-12-27-14-17(3)23(25-27)18-10-11-21(16(2)13-18)29-15-19-20(26(4)24)8-7-9-22(19)28-5/h1,7-11,13-14H,12,15,24H2,2-5H3. The topological polar surface area (TPSA) is 65.5 Å². The van der Waals surface area contributed by atoms with E-state index in [9.17, 15) is 0 Å². The number of methoxy groups -OCH3 is 1. The fraction of sp³-hybridized carbons (Fsp3) is 0.261. The molecule has 0 fully saturated rings. The minimum absolute atomic E-state index is 0.344. The number of nitrogens with zero attached hydrogens (tertiary/aromatic N) is 3. The molecule has 150 valence electrons. The van der Waals surface area contributed by atoms with Gasteiger partial charge in [-0.1, -0.05) is 12.0 Å². The summed E-state index contributed by atoms with van der Waals surface area (Å²) in [5.41, 5.74) is 5.80. The van der Waals surface area contributed by atoms with Gasteiger partial charge in [-0.25, -0.2) is 5.84 Å². The SMILES string of the molecule is C#CCn1cc(C)c(-c2ccc(OCc3c(OC)cccc3N(C)N)c(C)c2)n1. The van der Waals surface area contributed by atoms with Gasteiger partial charge in [0.2, 0.25) is 0 Å². The summed E-state index contributed by atoms with van der Waals surface area (Å²) in [4.78, 5) is 0. The van der Waals surface area contributed by atoms with Crippen molar-refractivity contribution in [1.29, 1.82) is 0 Å². The zero-order valence-electron chi connectivity index (χ0n) is 17.3. The van der Waals surface area contributed by atoms with Gasteiger partial charge in [0.15, 0.2) is 0 Å². The van der Waals surface area contributed by atoms with Crippen molar-refractivity contribution in [3.8, 4) is 35.1 Å². The Morgan fingerprint density at radius 3 is 2.62 bits per heavy atom. The molecule has 1 heterocycles. The second-order valence-corrected chi connectivity index (χ2v) is 6.90. The predicted molar refractivity (Wildman–Crippen MR) is 116 cm³/mol. The number of ether oxygens (including phenoxy) is 2. The fourth-order valence-electron chi connectivity index (χ4n) is 3.31. The Balaban J connectivity index is 1.84. The lowest BCUT2D eigenvalue weighted by atomic mass is 10.1. The second-order valence-electron chi connectivity index (χ2n) is 6.90. The summed E-state index contributed by atoms with van der Waals surface area (Å²) in [6, 6.07) is 11.8. The van der Waals surface area contributed by atoms with Crippen molar-refractivity contribution in [3.05, 3.63) is 59.3 Å². The molecule has 3 rings (SSSR count). The van der Waals surface area contributed by atoms with Crippen molar-refractivity contribution < 1.29 is 9.47 Å². The molecule has 6 heteroatoms. The van der Waals surface area contributed by atoms with E-state index in [2.05, 4.69) is 17.1 Å². The van der Waals surface area contributed by atoms with Gasteiger partial charge in [-0.2, -0.15) is 5.10 Å². The van der Waals surface area contributed by atoms with Crippen LogP contribution in [-0.2, 0) is 13.2 Å². The zero-order valence-corrected chi connectivity index (χ0v) is 17.3. The van der Waals surface area contributed by atoms with Crippen molar-refractivity contribution in [2.45, 2.75) is 27.0 Å². The van der Waals surface area contributed by atoms with Gasteiger partial charge in [0.05, 0.1) is 24.1 Å². The van der Waals surface area contributed by atoms with Crippen LogP contribution in [0.15, 0.2) is 42.6 Å². The molecule has 0 aliphatic rings. The van der Waals surface area contributed by atoms with Gasteiger partial charge in [-0.3, -0.25) is 4.68 Å². The Kier molecular flexibility index (Phi) is 6.10. The summed E-state index contributed by atoms with van der Waals surface area (Å²) < 4.78 is 13.4. The Hall–Kier alpha value is -3.43. The van der Waals surface area contributed by atoms with E-state index in [-0.39, 0.29) is 0 Å². The van der Waals surface area contributed by atoms with E-state index in [0.29, 0.717) is 13.2 Å². The molecule has 2 aromatic carbocycles. The number of rotatable bonds is 7. The molecule has 0 atom stereocenters. The highest BCUT2D eigenvalue weighted by atomic mass is 16.5. The summed E-state index contributed by atoms with van der Waals surface area (Å²) >= 11 is 0. The van der Waals surface area contributed by atoms with Gasteiger partial charge < -0.3 is 14.5 Å². The molecule has 2 N–H and O–H groups in total. The van der Waals surface area contributed by atoms with Crippen molar-refractivity contribution >= 4 is 5.69 Å². The molecule has 1 aromatic heterocycles. The number of terminal acetylenes is 1. The first kappa shape index (κ1) is 20.3. The molecule has 0 radical (unpaired) electrons. The van der Waals surface area contributed by atoms with Crippen LogP contribution in [0, 0.1) is 26.2 Å². The van der Waals surface area contributed by atoms with Gasteiger partial charge >= 0.3 is 0 Å². The van der Waals surface area contributed by atoms with Gasteiger partial charge in [0.25, 0.3) is 0 Å². The number of anilines is 1. The van der Waals surface area contributed by atoms with E-state index in [1.165, 1.54) is 0 Å². The van der Waals surface area contributed by atoms with Crippen LogP contribution in [0.4, 0.5) is 5.69 Å². The van der Waals surface area contributed by atoms with Gasteiger partial charge in [0, 0.05) is 18.8 Å². The molecule has 0 aliphatic carbocycles. The highest BCUT2D eigenvalue weighted by Gasteiger charge is 2.14. The maximum Gasteiger partial charge on any atom is 0.127 e. The predicted octanol–water partition coefficient (Wildman–Crippen LogP) is 3.70. The van der Waals surface area contributed by atoms with Crippen LogP contribution < -0.4 is 20.3 Å². The zero-order chi connectivity index (χ0) is 21.0. The lowest BCUT2D eigenvalue weighted by molar-refractivity contribution is 0.295. The maximum absolute atomic E-state index is 6.11. The molecular formula is C23H26N4O2. The second kappa shape index (κ2) is 8.72. The van der Waals surface area contributed by atoms with Crippen molar-refractivity contribution in [3.63, 3.8) is 0 Å². The summed E-state index contributed by atoms with van der Waals surface area (Å²) in [6.07, 6.45) is 7.35. The van der Waals surface area contributed by atoms with E-state index in [4.69, 9.17) is 21.7 Å². The number of hydrogen-bond acceptors (Lipinski definition) is 5. The summed E-state index contributed by atoms with van der Waals surface area (Å²) in [5, 5.41) is 6.15. The third-order valence-electron chi connectivity index (χ3n) is 4.73. The Morgan fingerprint density at radius 2 is 1.97 bits per heavy atom. The van der Waals surface area contributed by atoms with Crippen molar-refractivity contribution in [2.75, 3.05) is 19.2 Å². The van der Waals surface area contributed by atoms with Crippen LogP contribution in [0.2, 0.25) is 0 Å². The van der Waals surface area contributed by atoms with Crippen LogP contribution in [-0.4, -0.2) is 23.9 Å². The number of nitrogens with two attached hydrogens (primary N) is 1. The molecule has 0 saturated carbocycles. The van der Waals surface area contributed by atoms with Gasteiger partial charge in [-0.15, -0.1) is 6.42 Å². The van der Waals surface area contributed by atoms with E-state index < -0.39 is 0 Å². The number of aryl methyl sites for hydroxylation is 2. The first-order valence-corrected chi connectivity index (χ1v) is 9.30. The largest absolute Gasteiger partial charge is 0.496 e. The van der Waals surface area contributed by atoms with E-state index in [1.54, 1.807) is 23.8 Å². The third kappa shape index (κ3) is 4.36. The normalized spacial score (nSPS) is 10.5. The van der Waals surface area contributed by atoms with Crippen molar-refractivity contribution in [2.24, 2.45) is 5.84 Å². The summed E-state index contributed by atoms with van der Waals surface area (Å²) in [6.45, 7) is 4.85. The maximum atomic E-state index is 6.11. The van der Waals surface area contributed by atoms with Gasteiger partial charge in [0.1, 0.15) is 24.7 Å². The van der Waals surface area contributed by atoms with E-state index in [0.717, 1.165) is 45.1 Å². The van der Waals surface area contributed by atoms with E-state index >= 15 is 0 Å². The lowest BCUT2D eigenvalue weighted by Gasteiger charge is -2.20. The Labute approximate surface area is 171 Å². The molecule has 3 aromatic rings. The monoisotopic (exact) mass is 390 g/mol. The van der Waals surface area contributed by atoms with Crippen LogP contribution in [0.25, 0.3) is 11.3 Å². The molecule has 0 spiro atoms. The smallest absolute Gasteiger partial charge is 0.127 e. The number of hydrazine groups is 1. The third-order valence-corrected chi connectivity index (χ3v) is 4.73. The minimum Gasteiger partial charge on any atom is -0.496 e. The highest BCUT2D eigenvalue weighted by Crippen LogP contribution is 2.31. The first-order chi connectivity index (χ1) is 13.9. The molecule has 0 saturated heterocycles. The van der Waals surface area contributed by atoms with Gasteiger partial charge in [-0.05, 0) is 55.3 Å². The highest BCUT2D eigenvalue weighted by molar-refractivity contribution is 5.65. The molecule has 6 nitrogen and oxygen atoms in total. The lowest BCUT2D eigenvalue weighted by Crippen LogP contribution is -2.26. The summed E-state index contributed by atoms with van der Waals surface area (Å²) in [7, 11) is 3.43. The number of benzene rings is 2. The molecule has 0 bridgehead atoms. The first-order valence-electron chi connectivity index (χ1n) is 9.30. The molecular weight excluding hydrogens is 364 g/mol. The summed E-state index contributed by atoms with van der Waals surface area (Å²) in [5.74, 6) is 10.1. The van der Waals surface area contributed by atoms with Crippen LogP contribution in [0.1, 0.15) is 16.7 Å². The average Bonchev–Trinajstić information content (AvgIpc) is 3.07. The Bertz CT molecular complexity index is 1050. The van der Waals surface area contributed by atoms with Crippen LogP contribution in [0.5, 0.6) is 11.5 Å². The average molecular weight is 390 g/mol.